The van der Waals surface area contributed by atoms with Crippen molar-refractivity contribution in [1.29, 1.82) is 0 Å². The molecule has 0 amide bonds. The largest absolute Gasteiger partial charge is 0.357 e. The van der Waals surface area contributed by atoms with Gasteiger partial charge in [0.1, 0.15) is 5.69 Å². The molecule has 106 valence electrons. The van der Waals surface area contributed by atoms with E-state index in [4.69, 9.17) is 0 Å². The molecule has 0 aliphatic heterocycles. The molecule has 1 aromatic heterocycles. The van der Waals surface area contributed by atoms with Gasteiger partial charge in [0.05, 0.1) is 4.92 Å². The lowest BCUT2D eigenvalue weighted by Crippen LogP contribution is -2.30. The van der Waals surface area contributed by atoms with Gasteiger partial charge in [-0.25, -0.2) is 4.98 Å². The molecule has 1 atom stereocenters. The Morgan fingerprint density at radius 1 is 1.47 bits per heavy atom. The Kier molecular flexibility index (Phi) is 5.02. The van der Waals surface area contributed by atoms with Gasteiger partial charge in [-0.05, 0) is 20.3 Å². The van der Waals surface area contributed by atoms with Gasteiger partial charge in [-0.3, -0.25) is 10.1 Å². The Balaban J connectivity index is 3.29. The van der Waals surface area contributed by atoms with Crippen LogP contribution in [0.25, 0.3) is 0 Å². The van der Waals surface area contributed by atoms with Crippen molar-refractivity contribution in [3.63, 3.8) is 0 Å². The average molecular weight is 267 g/mol. The van der Waals surface area contributed by atoms with Crippen LogP contribution in [0.3, 0.4) is 0 Å². The summed E-state index contributed by atoms with van der Waals surface area (Å²) in [4.78, 5) is 20.9. The van der Waals surface area contributed by atoms with Crippen LogP contribution in [-0.2, 0) is 0 Å². The highest BCUT2D eigenvalue weighted by atomic mass is 16.6. The zero-order valence-electron chi connectivity index (χ0n) is 12.1. The van der Waals surface area contributed by atoms with Crippen LogP contribution in [0.15, 0.2) is 0 Å². The molecule has 0 aliphatic rings. The number of anilines is 2. The van der Waals surface area contributed by atoms with Gasteiger partial charge < -0.3 is 10.2 Å². The predicted octanol–water partition coefficient (Wildman–Crippen LogP) is 2.36. The molecule has 0 saturated carbocycles. The minimum absolute atomic E-state index is 0.0237. The summed E-state index contributed by atoms with van der Waals surface area (Å²) in [6, 6.07) is 0.183. The summed E-state index contributed by atoms with van der Waals surface area (Å²) < 4.78 is 0. The summed E-state index contributed by atoms with van der Waals surface area (Å²) in [5.74, 6) is 0.761. The van der Waals surface area contributed by atoms with E-state index >= 15 is 0 Å². The van der Waals surface area contributed by atoms with Crippen molar-refractivity contribution in [2.24, 2.45) is 0 Å². The van der Waals surface area contributed by atoms with Crippen molar-refractivity contribution < 1.29 is 4.92 Å². The van der Waals surface area contributed by atoms with Crippen LogP contribution in [-0.4, -0.2) is 35.0 Å². The average Bonchev–Trinajstić information content (AvgIpc) is 2.36. The van der Waals surface area contributed by atoms with Gasteiger partial charge in [-0.2, -0.15) is 4.98 Å². The van der Waals surface area contributed by atoms with Gasteiger partial charge in [0.25, 0.3) is 0 Å². The maximum absolute atomic E-state index is 11.2. The van der Waals surface area contributed by atoms with Gasteiger partial charge in [-0.15, -0.1) is 0 Å². The van der Waals surface area contributed by atoms with Crippen LogP contribution in [0.5, 0.6) is 0 Å². The standard InChI is InChI=1S/C12H21N5O2/c1-6-7-8(2)16(5)11-10(17(18)19)9(3)14-12(13-4)15-11/h8H,6-7H2,1-5H3,(H,13,14,15). The number of nitrogens with zero attached hydrogens (tertiary/aromatic N) is 4. The number of nitro groups is 1. The van der Waals surface area contributed by atoms with Gasteiger partial charge >= 0.3 is 5.69 Å². The van der Waals surface area contributed by atoms with Crippen molar-refractivity contribution >= 4 is 17.5 Å². The number of aromatic nitrogens is 2. The summed E-state index contributed by atoms with van der Waals surface area (Å²) in [7, 11) is 3.52. The molecule has 0 spiro atoms. The fourth-order valence-corrected chi connectivity index (χ4v) is 1.94. The number of aryl methyl sites for hydroxylation is 1. The summed E-state index contributed by atoms with van der Waals surface area (Å²) in [5, 5.41) is 14.0. The molecule has 0 aliphatic carbocycles. The van der Waals surface area contributed by atoms with E-state index in [1.165, 1.54) is 0 Å². The SMILES string of the molecule is CCCC(C)N(C)c1nc(NC)nc(C)c1[N+](=O)[O-]. The van der Waals surface area contributed by atoms with E-state index in [9.17, 15) is 10.1 Å². The Morgan fingerprint density at radius 2 is 2.11 bits per heavy atom. The fraction of sp³-hybridized carbons (Fsp3) is 0.667. The zero-order chi connectivity index (χ0) is 14.6. The molecule has 19 heavy (non-hydrogen) atoms. The van der Waals surface area contributed by atoms with Gasteiger partial charge in [0.15, 0.2) is 0 Å². The van der Waals surface area contributed by atoms with Crippen molar-refractivity contribution in [1.82, 2.24) is 9.97 Å². The van der Waals surface area contributed by atoms with Crippen molar-refractivity contribution in [2.75, 3.05) is 24.3 Å². The van der Waals surface area contributed by atoms with Gasteiger partial charge in [0, 0.05) is 20.1 Å². The number of nitrogens with one attached hydrogen (secondary N) is 1. The summed E-state index contributed by atoms with van der Waals surface area (Å²) in [5.41, 5.74) is 0.347. The van der Waals surface area contributed by atoms with Crippen LogP contribution >= 0.6 is 0 Å². The Morgan fingerprint density at radius 3 is 2.58 bits per heavy atom. The van der Waals surface area contributed by atoms with Crippen LogP contribution in [0.4, 0.5) is 17.5 Å². The third-order valence-corrected chi connectivity index (χ3v) is 3.15. The third kappa shape index (κ3) is 3.30. The van der Waals surface area contributed by atoms with Crippen LogP contribution in [0.2, 0.25) is 0 Å². The minimum atomic E-state index is -0.417. The highest BCUT2D eigenvalue weighted by Gasteiger charge is 2.26. The fourth-order valence-electron chi connectivity index (χ4n) is 1.94. The molecular weight excluding hydrogens is 246 g/mol. The molecule has 1 unspecified atom stereocenters. The van der Waals surface area contributed by atoms with Gasteiger partial charge in [-0.1, -0.05) is 13.3 Å². The number of rotatable bonds is 6. The molecular formula is C12H21N5O2. The topological polar surface area (TPSA) is 84.2 Å². The van der Waals surface area contributed by atoms with Crippen molar-refractivity contribution in [3.05, 3.63) is 15.8 Å². The van der Waals surface area contributed by atoms with Crippen LogP contribution in [0.1, 0.15) is 32.4 Å². The van der Waals surface area contributed by atoms with Crippen LogP contribution < -0.4 is 10.2 Å². The predicted molar refractivity (Wildman–Crippen MR) is 75.7 cm³/mol. The normalized spacial score (nSPS) is 12.1. The van der Waals surface area contributed by atoms with E-state index < -0.39 is 4.92 Å². The molecule has 1 heterocycles. The third-order valence-electron chi connectivity index (χ3n) is 3.15. The maximum atomic E-state index is 11.2. The lowest BCUT2D eigenvalue weighted by Gasteiger charge is -2.25. The molecule has 0 aromatic carbocycles. The van der Waals surface area contributed by atoms with Crippen molar-refractivity contribution in [2.45, 2.75) is 39.7 Å². The first-order chi connectivity index (χ1) is 8.92. The van der Waals surface area contributed by atoms with E-state index in [0.29, 0.717) is 17.5 Å². The quantitative estimate of drug-likeness (QED) is 0.629. The second-order valence-corrected chi connectivity index (χ2v) is 4.56. The Labute approximate surface area is 113 Å². The summed E-state index contributed by atoms with van der Waals surface area (Å²) >= 11 is 0. The molecule has 0 radical (unpaired) electrons. The summed E-state index contributed by atoms with van der Waals surface area (Å²) in [6.07, 6.45) is 1.97. The molecule has 1 rings (SSSR count). The van der Waals surface area contributed by atoms with E-state index in [-0.39, 0.29) is 11.7 Å². The first-order valence-corrected chi connectivity index (χ1v) is 6.35. The lowest BCUT2D eigenvalue weighted by molar-refractivity contribution is -0.385. The molecule has 1 N–H and O–H groups in total. The zero-order valence-corrected chi connectivity index (χ0v) is 12.1. The second-order valence-electron chi connectivity index (χ2n) is 4.56. The lowest BCUT2D eigenvalue weighted by atomic mass is 10.1. The highest BCUT2D eigenvalue weighted by molar-refractivity contribution is 5.62. The van der Waals surface area contributed by atoms with E-state index in [1.807, 2.05) is 18.9 Å². The molecule has 7 nitrogen and oxygen atoms in total. The Hall–Kier alpha value is -1.92. The number of hydrogen-bond acceptors (Lipinski definition) is 6. The van der Waals surface area contributed by atoms with E-state index in [1.54, 1.807) is 14.0 Å². The molecule has 0 saturated heterocycles. The van der Waals surface area contributed by atoms with Crippen LogP contribution in [0, 0.1) is 17.0 Å². The maximum Gasteiger partial charge on any atom is 0.332 e. The monoisotopic (exact) mass is 267 g/mol. The summed E-state index contributed by atoms with van der Waals surface area (Å²) in [6.45, 7) is 5.75. The smallest absolute Gasteiger partial charge is 0.332 e. The molecule has 0 fully saturated rings. The Bertz CT molecular complexity index is 464. The number of hydrogen-bond donors (Lipinski definition) is 1. The molecule has 0 bridgehead atoms. The highest BCUT2D eigenvalue weighted by Crippen LogP contribution is 2.30. The first-order valence-electron chi connectivity index (χ1n) is 6.35. The minimum Gasteiger partial charge on any atom is -0.357 e. The second kappa shape index (κ2) is 6.31. The first kappa shape index (κ1) is 15.1. The van der Waals surface area contributed by atoms with E-state index in [2.05, 4.69) is 22.2 Å². The van der Waals surface area contributed by atoms with E-state index in [0.717, 1.165) is 12.8 Å². The van der Waals surface area contributed by atoms with Gasteiger partial charge in [0.2, 0.25) is 11.8 Å². The van der Waals surface area contributed by atoms with Crippen molar-refractivity contribution in [3.8, 4) is 0 Å². The molecule has 7 heteroatoms. The molecule has 1 aromatic rings.